The van der Waals surface area contributed by atoms with Crippen LogP contribution in [0.25, 0.3) is 0 Å². The number of hydrogen-bond acceptors (Lipinski definition) is 4. The van der Waals surface area contributed by atoms with Gasteiger partial charge in [0.2, 0.25) is 0 Å². The molecule has 148 valence electrons. The molecular weight excluding hydrogens is 354 g/mol. The van der Waals surface area contributed by atoms with E-state index in [1.54, 1.807) is 30.5 Å². The first kappa shape index (κ1) is 19.9. The molecule has 0 aliphatic carbocycles. The third-order valence-electron chi connectivity index (χ3n) is 5.12. The number of benzene rings is 1. The van der Waals surface area contributed by atoms with Crippen molar-refractivity contribution in [3.8, 4) is 5.75 Å². The van der Waals surface area contributed by atoms with E-state index in [0.717, 1.165) is 25.0 Å². The van der Waals surface area contributed by atoms with Crippen LogP contribution in [0.4, 0.5) is 0 Å². The molecule has 0 bridgehead atoms. The van der Waals surface area contributed by atoms with Crippen LogP contribution in [0.15, 0.2) is 48.7 Å². The number of amides is 2. The number of nitrogens with zero attached hydrogens (tertiary/aromatic N) is 2. The normalized spacial score (nSPS) is 19.1. The maximum atomic E-state index is 12.5. The van der Waals surface area contributed by atoms with Crippen molar-refractivity contribution < 1.29 is 14.3 Å². The minimum Gasteiger partial charge on any atom is -0.484 e. The van der Waals surface area contributed by atoms with Crippen LogP contribution in [-0.2, 0) is 11.3 Å². The van der Waals surface area contributed by atoms with Crippen molar-refractivity contribution in [2.45, 2.75) is 51.7 Å². The molecular formula is C22H27N3O3. The van der Waals surface area contributed by atoms with Gasteiger partial charge in [-0.3, -0.25) is 14.6 Å². The summed E-state index contributed by atoms with van der Waals surface area (Å²) in [6.45, 7) is 4.57. The number of likely N-dealkylation sites (tertiary alicyclic amines) is 1. The number of carbonyl (C=O) groups excluding carboxylic acids is 2. The number of carbonyl (C=O) groups is 2. The smallest absolute Gasteiger partial charge is 0.260 e. The van der Waals surface area contributed by atoms with E-state index in [1.807, 2.05) is 23.1 Å². The summed E-state index contributed by atoms with van der Waals surface area (Å²) >= 11 is 0. The highest BCUT2D eigenvalue weighted by Gasteiger charge is 2.28. The van der Waals surface area contributed by atoms with Crippen LogP contribution in [0.3, 0.4) is 0 Å². The molecule has 2 atom stereocenters. The Hall–Kier alpha value is -2.89. The number of hydrogen-bond donors (Lipinski definition) is 1. The van der Waals surface area contributed by atoms with E-state index in [1.165, 1.54) is 0 Å². The van der Waals surface area contributed by atoms with Crippen molar-refractivity contribution >= 4 is 11.8 Å². The number of rotatable bonds is 6. The molecule has 1 aromatic carbocycles. The summed E-state index contributed by atoms with van der Waals surface area (Å²) in [4.78, 5) is 30.9. The molecule has 1 aliphatic rings. The van der Waals surface area contributed by atoms with E-state index in [9.17, 15) is 9.59 Å². The van der Waals surface area contributed by atoms with Gasteiger partial charge in [0.25, 0.3) is 11.8 Å². The van der Waals surface area contributed by atoms with Gasteiger partial charge < -0.3 is 15.0 Å². The van der Waals surface area contributed by atoms with Crippen molar-refractivity contribution in [2.24, 2.45) is 0 Å². The SMILES string of the molecule is CC1CCCC(C)N1C(=O)COc1ccc(C(=O)NCc2ccccn2)cc1. The highest BCUT2D eigenvalue weighted by Crippen LogP contribution is 2.23. The summed E-state index contributed by atoms with van der Waals surface area (Å²) in [7, 11) is 0. The second-order valence-corrected chi connectivity index (χ2v) is 7.25. The standard InChI is InChI=1S/C22H27N3O3/c1-16-6-5-7-17(2)25(16)21(26)15-28-20-11-9-18(10-12-20)22(27)24-14-19-8-3-4-13-23-19/h3-4,8-13,16-17H,5-7,14-15H2,1-2H3,(H,24,27). The quantitative estimate of drug-likeness (QED) is 0.834. The molecule has 3 rings (SSSR count). The third kappa shape index (κ3) is 5.09. The minimum absolute atomic E-state index is 0.0110. The first-order valence-corrected chi connectivity index (χ1v) is 9.76. The van der Waals surface area contributed by atoms with Crippen molar-refractivity contribution in [2.75, 3.05) is 6.61 Å². The highest BCUT2D eigenvalue weighted by molar-refractivity contribution is 5.94. The van der Waals surface area contributed by atoms with Gasteiger partial charge in [0.15, 0.2) is 6.61 Å². The van der Waals surface area contributed by atoms with Crippen molar-refractivity contribution in [3.05, 3.63) is 59.9 Å². The summed E-state index contributed by atoms with van der Waals surface area (Å²) in [6.07, 6.45) is 4.94. The Morgan fingerprint density at radius 1 is 1.11 bits per heavy atom. The maximum Gasteiger partial charge on any atom is 0.260 e. The first-order chi connectivity index (χ1) is 13.5. The summed E-state index contributed by atoms with van der Waals surface area (Å²) in [5.74, 6) is 0.410. The van der Waals surface area contributed by atoms with Gasteiger partial charge in [0, 0.05) is 23.8 Å². The fraction of sp³-hybridized carbons (Fsp3) is 0.409. The van der Waals surface area contributed by atoms with Gasteiger partial charge in [-0.2, -0.15) is 0 Å². The van der Waals surface area contributed by atoms with E-state index >= 15 is 0 Å². The summed E-state index contributed by atoms with van der Waals surface area (Å²) < 4.78 is 5.65. The number of ether oxygens (including phenoxy) is 1. The van der Waals surface area contributed by atoms with Crippen LogP contribution >= 0.6 is 0 Å². The largest absolute Gasteiger partial charge is 0.484 e. The molecule has 1 saturated heterocycles. The summed E-state index contributed by atoms with van der Waals surface area (Å²) in [5, 5.41) is 2.83. The molecule has 2 aromatic rings. The Morgan fingerprint density at radius 2 is 1.82 bits per heavy atom. The van der Waals surface area contributed by atoms with Gasteiger partial charge in [-0.15, -0.1) is 0 Å². The number of aromatic nitrogens is 1. The first-order valence-electron chi connectivity index (χ1n) is 9.76. The van der Waals surface area contributed by atoms with Crippen LogP contribution in [0.1, 0.15) is 49.2 Å². The third-order valence-corrected chi connectivity index (χ3v) is 5.12. The molecule has 1 fully saturated rings. The van der Waals surface area contributed by atoms with Crippen molar-refractivity contribution in [3.63, 3.8) is 0 Å². The lowest BCUT2D eigenvalue weighted by Gasteiger charge is -2.38. The Morgan fingerprint density at radius 3 is 2.46 bits per heavy atom. The summed E-state index contributed by atoms with van der Waals surface area (Å²) in [6, 6.07) is 12.9. The van der Waals surface area contributed by atoms with Crippen molar-refractivity contribution in [1.29, 1.82) is 0 Å². The Kier molecular flexibility index (Phi) is 6.63. The van der Waals surface area contributed by atoms with Crippen LogP contribution in [0.5, 0.6) is 5.75 Å². The molecule has 2 amide bonds. The number of nitrogens with one attached hydrogen (secondary N) is 1. The summed E-state index contributed by atoms with van der Waals surface area (Å²) in [5.41, 5.74) is 1.34. The highest BCUT2D eigenvalue weighted by atomic mass is 16.5. The fourth-order valence-corrected chi connectivity index (χ4v) is 3.61. The molecule has 1 N–H and O–H groups in total. The maximum absolute atomic E-state index is 12.5. The lowest BCUT2D eigenvalue weighted by Crippen LogP contribution is -2.49. The van der Waals surface area contributed by atoms with E-state index in [-0.39, 0.29) is 30.5 Å². The average Bonchev–Trinajstić information content (AvgIpc) is 2.71. The predicted molar refractivity (Wildman–Crippen MR) is 107 cm³/mol. The van der Waals surface area contributed by atoms with Gasteiger partial charge in [-0.05, 0) is 69.5 Å². The molecule has 0 radical (unpaired) electrons. The van der Waals surface area contributed by atoms with Gasteiger partial charge in [0.1, 0.15) is 5.75 Å². The zero-order valence-corrected chi connectivity index (χ0v) is 16.4. The van der Waals surface area contributed by atoms with E-state index in [4.69, 9.17) is 4.74 Å². The predicted octanol–water partition coefficient (Wildman–Crippen LogP) is 3.18. The van der Waals surface area contributed by atoms with E-state index in [0.29, 0.717) is 17.9 Å². The second kappa shape index (κ2) is 9.35. The van der Waals surface area contributed by atoms with Crippen LogP contribution in [-0.4, -0.2) is 40.4 Å². The van der Waals surface area contributed by atoms with E-state index in [2.05, 4.69) is 24.1 Å². The lowest BCUT2D eigenvalue weighted by atomic mass is 9.97. The lowest BCUT2D eigenvalue weighted by molar-refractivity contribution is -0.139. The number of pyridine rings is 1. The molecule has 2 unspecified atom stereocenters. The van der Waals surface area contributed by atoms with Gasteiger partial charge >= 0.3 is 0 Å². The van der Waals surface area contributed by atoms with Gasteiger partial charge in [-0.1, -0.05) is 6.07 Å². The van der Waals surface area contributed by atoms with Crippen LogP contribution in [0.2, 0.25) is 0 Å². The van der Waals surface area contributed by atoms with Crippen LogP contribution in [0, 0.1) is 0 Å². The van der Waals surface area contributed by atoms with Gasteiger partial charge in [-0.25, -0.2) is 0 Å². The topological polar surface area (TPSA) is 71.5 Å². The molecule has 2 heterocycles. The molecule has 28 heavy (non-hydrogen) atoms. The molecule has 1 aliphatic heterocycles. The minimum atomic E-state index is -0.177. The zero-order valence-electron chi connectivity index (χ0n) is 16.4. The molecule has 6 nitrogen and oxygen atoms in total. The molecule has 0 spiro atoms. The van der Waals surface area contributed by atoms with Crippen molar-refractivity contribution in [1.82, 2.24) is 15.2 Å². The van der Waals surface area contributed by atoms with Crippen LogP contribution < -0.4 is 10.1 Å². The Bertz CT molecular complexity index is 782. The molecule has 0 saturated carbocycles. The number of piperidine rings is 1. The zero-order chi connectivity index (χ0) is 19.9. The molecule has 1 aromatic heterocycles. The second-order valence-electron chi connectivity index (χ2n) is 7.25. The van der Waals surface area contributed by atoms with Gasteiger partial charge in [0.05, 0.1) is 12.2 Å². The van der Waals surface area contributed by atoms with E-state index < -0.39 is 0 Å². The monoisotopic (exact) mass is 381 g/mol. The average molecular weight is 381 g/mol. The molecule has 6 heteroatoms. The Balaban J connectivity index is 1.50. The fourth-order valence-electron chi connectivity index (χ4n) is 3.61. The Labute approximate surface area is 165 Å².